The Kier molecular flexibility index (Phi) is 4.11. The molecule has 0 atom stereocenters. The lowest BCUT2D eigenvalue weighted by Gasteiger charge is -2.06. The summed E-state index contributed by atoms with van der Waals surface area (Å²) in [6.45, 7) is 2.08. The van der Waals surface area contributed by atoms with Crippen molar-refractivity contribution < 1.29 is 9.53 Å². The van der Waals surface area contributed by atoms with Gasteiger partial charge in [0.2, 0.25) is 0 Å². The van der Waals surface area contributed by atoms with Crippen molar-refractivity contribution in [3.63, 3.8) is 0 Å². The Morgan fingerprint density at radius 2 is 2.15 bits per heavy atom. The Hall–Kier alpha value is -2.67. The largest absolute Gasteiger partial charge is 0.464 e. The van der Waals surface area contributed by atoms with Crippen LogP contribution in [-0.2, 0) is 11.2 Å². The van der Waals surface area contributed by atoms with Crippen molar-refractivity contribution in [1.29, 1.82) is 5.26 Å². The van der Waals surface area contributed by atoms with Gasteiger partial charge in [-0.1, -0.05) is 31.2 Å². The first-order valence-corrected chi connectivity index (χ1v) is 6.27. The number of carbonyl (C=O) groups is 1. The molecule has 2 rings (SSSR count). The molecule has 0 bridgehead atoms. The number of carbonyl (C=O) groups excluding carboxylic acids is 1. The molecule has 0 unspecified atom stereocenters. The van der Waals surface area contributed by atoms with Crippen LogP contribution in [0.15, 0.2) is 36.5 Å². The zero-order valence-corrected chi connectivity index (χ0v) is 11.4. The molecule has 0 aliphatic heterocycles. The maximum atomic E-state index is 11.5. The standard InChI is InChI=1S/C16H14N2O2/c1-3-11-5-4-6-12(7-11)14-8-13(9-17)15(18-10-14)16(19)20-2/h4-8,10H,3H2,1-2H3. The molecule has 0 amide bonds. The summed E-state index contributed by atoms with van der Waals surface area (Å²) in [7, 11) is 1.27. The number of ether oxygens (including phenoxy) is 1. The van der Waals surface area contributed by atoms with E-state index in [1.807, 2.05) is 24.3 Å². The SMILES string of the molecule is CCc1cccc(-c2cnc(C(=O)OC)c(C#N)c2)c1. The van der Waals surface area contributed by atoms with Crippen molar-refractivity contribution in [3.8, 4) is 17.2 Å². The van der Waals surface area contributed by atoms with Crippen LogP contribution in [0.3, 0.4) is 0 Å². The maximum absolute atomic E-state index is 11.5. The highest BCUT2D eigenvalue weighted by Crippen LogP contribution is 2.22. The third kappa shape index (κ3) is 2.67. The van der Waals surface area contributed by atoms with Crippen LogP contribution in [0.4, 0.5) is 0 Å². The van der Waals surface area contributed by atoms with Gasteiger partial charge in [-0.3, -0.25) is 0 Å². The second-order valence-electron chi connectivity index (χ2n) is 4.28. The highest BCUT2D eigenvalue weighted by atomic mass is 16.5. The van der Waals surface area contributed by atoms with Crippen LogP contribution in [0.5, 0.6) is 0 Å². The monoisotopic (exact) mass is 266 g/mol. The highest BCUT2D eigenvalue weighted by molar-refractivity contribution is 5.90. The minimum Gasteiger partial charge on any atom is -0.464 e. The first-order chi connectivity index (χ1) is 9.69. The third-order valence-corrected chi connectivity index (χ3v) is 3.06. The van der Waals surface area contributed by atoms with Crippen LogP contribution in [0.25, 0.3) is 11.1 Å². The van der Waals surface area contributed by atoms with Crippen molar-refractivity contribution in [2.75, 3.05) is 7.11 Å². The quantitative estimate of drug-likeness (QED) is 0.801. The van der Waals surface area contributed by atoms with Gasteiger partial charge in [0.15, 0.2) is 5.69 Å². The van der Waals surface area contributed by atoms with Crippen LogP contribution in [0.2, 0.25) is 0 Å². The van der Waals surface area contributed by atoms with E-state index in [9.17, 15) is 4.79 Å². The minimum atomic E-state index is -0.601. The number of hydrogen-bond donors (Lipinski definition) is 0. The summed E-state index contributed by atoms with van der Waals surface area (Å²) >= 11 is 0. The summed E-state index contributed by atoms with van der Waals surface area (Å²) in [5, 5.41) is 9.14. The zero-order valence-electron chi connectivity index (χ0n) is 11.4. The van der Waals surface area contributed by atoms with E-state index in [0.29, 0.717) is 0 Å². The fraction of sp³-hybridized carbons (Fsp3) is 0.188. The second kappa shape index (κ2) is 5.98. The molecular weight excluding hydrogens is 252 g/mol. The van der Waals surface area contributed by atoms with E-state index in [4.69, 9.17) is 5.26 Å². The fourth-order valence-electron chi connectivity index (χ4n) is 1.94. The van der Waals surface area contributed by atoms with Gasteiger partial charge in [-0.15, -0.1) is 0 Å². The predicted molar refractivity (Wildman–Crippen MR) is 75.1 cm³/mol. The van der Waals surface area contributed by atoms with E-state index in [-0.39, 0.29) is 11.3 Å². The molecule has 0 N–H and O–H groups in total. The van der Waals surface area contributed by atoms with Crippen molar-refractivity contribution >= 4 is 5.97 Å². The van der Waals surface area contributed by atoms with Gasteiger partial charge in [-0.05, 0) is 23.6 Å². The number of aryl methyl sites for hydroxylation is 1. The minimum absolute atomic E-state index is 0.0467. The first-order valence-electron chi connectivity index (χ1n) is 6.27. The average Bonchev–Trinajstić information content (AvgIpc) is 2.53. The molecule has 100 valence electrons. The molecule has 0 aliphatic rings. The molecule has 4 heteroatoms. The molecule has 1 aromatic heterocycles. The number of nitrogens with zero attached hydrogens (tertiary/aromatic N) is 2. The lowest BCUT2D eigenvalue weighted by Crippen LogP contribution is -2.07. The molecule has 0 radical (unpaired) electrons. The Morgan fingerprint density at radius 1 is 1.35 bits per heavy atom. The number of methoxy groups -OCH3 is 1. The maximum Gasteiger partial charge on any atom is 0.358 e. The summed E-state index contributed by atoms with van der Waals surface area (Å²) in [5.41, 5.74) is 3.26. The molecule has 4 nitrogen and oxygen atoms in total. The molecule has 20 heavy (non-hydrogen) atoms. The number of benzene rings is 1. The van der Waals surface area contributed by atoms with Gasteiger partial charge >= 0.3 is 5.97 Å². The predicted octanol–water partition coefficient (Wildman–Crippen LogP) is 2.97. The van der Waals surface area contributed by atoms with Crippen molar-refractivity contribution in [3.05, 3.63) is 53.3 Å². The van der Waals surface area contributed by atoms with Gasteiger partial charge in [0.25, 0.3) is 0 Å². The number of pyridine rings is 1. The molecule has 0 saturated heterocycles. The third-order valence-electron chi connectivity index (χ3n) is 3.06. The van der Waals surface area contributed by atoms with Gasteiger partial charge in [-0.2, -0.15) is 5.26 Å². The van der Waals surface area contributed by atoms with Gasteiger partial charge in [0.1, 0.15) is 6.07 Å². The summed E-state index contributed by atoms with van der Waals surface area (Å²) in [5.74, 6) is -0.601. The van der Waals surface area contributed by atoms with Crippen LogP contribution >= 0.6 is 0 Å². The van der Waals surface area contributed by atoms with E-state index in [2.05, 4.69) is 22.7 Å². The fourth-order valence-corrected chi connectivity index (χ4v) is 1.94. The van der Waals surface area contributed by atoms with Crippen molar-refractivity contribution in [1.82, 2.24) is 4.98 Å². The van der Waals surface area contributed by atoms with Gasteiger partial charge in [0, 0.05) is 11.8 Å². The number of nitriles is 1. The van der Waals surface area contributed by atoms with E-state index in [1.165, 1.54) is 12.7 Å². The Bertz CT molecular complexity index is 687. The number of aromatic nitrogens is 1. The van der Waals surface area contributed by atoms with Gasteiger partial charge in [-0.25, -0.2) is 9.78 Å². The number of rotatable bonds is 3. The van der Waals surface area contributed by atoms with Crippen LogP contribution < -0.4 is 0 Å². The molecule has 2 aromatic rings. The van der Waals surface area contributed by atoms with E-state index >= 15 is 0 Å². The number of hydrogen-bond acceptors (Lipinski definition) is 4. The highest BCUT2D eigenvalue weighted by Gasteiger charge is 2.14. The Morgan fingerprint density at radius 3 is 2.80 bits per heavy atom. The topological polar surface area (TPSA) is 63.0 Å². The molecule has 0 fully saturated rings. The van der Waals surface area contributed by atoms with Gasteiger partial charge in [0.05, 0.1) is 12.7 Å². The lowest BCUT2D eigenvalue weighted by molar-refractivity contribution is 0.0593. The molecular formula is C16H14N2O2. The summed E-state index contributed by atoms with van der Waals surface area (Å²) in [4.78, 5) is 15.6. The van der Waals surface area contributed by atoms with Crippen molar-refractivity contribution in [2.24, 2.45) is 0 Å². The van der Waals surface area contributed by atoms with E-state index in [0.717, 1.165) is 17.5 Å². The molecule has 1 heterocycles. The smallest absolute Gasteiger partial charge is 0.358 e. The molecule has 1 aromatic carbocycles. The van der Waals surface area contributed by atoms with Crippen LogP contribution in [0, 0.1) is 11.3 Å². The summed E-state index contributed by atoms with van der Waals surface area (Å²) in [6, 6.07) is 11.7. The molecule has 0 saturated carbocycles. The normalized spacial score (nSPS) is 9.85. The van der Waals surface area contributed by atoms with Crippen molar-refractivity contribution in [2.45, 2.75) is 13.3 Å². The average molecular weight is 266 g/mol. The van der Waals surface area contributed by atoms with Crippen LogP contribution in [0.1, 0.15) is 28.5 Å². The van der Waals surface area contributed by atoms with Crippen LogP contribution in [-0.4, -0.2) is 18.1 Å². The first kappa shape index (κ1) is 13.8. The molecule has 0 spiro atoms. The second-order valence-corrected chi connectivity index (χ2v) is 4.28. The van der Waals surface area contributed by atoms with E-state index in [1.54, 1.807) is 12.3 Å². The summed E-state index contributed by atoms with van der Waals surface area (Å²) in [6.07, 6.45) is 2.52. The summed E-state index contributed by atoms with van der Waals surface area (Å²) < 4.78 is 4.61. The Labute approximate surface area is 117 Å². The lowest BCUT2D eigenvalue weighted by atomic mass is 10.0. The Balaban J connectivity index is 2.49. The van der Waals surface area contributed by atoms with E-state index < -0.39 is 5.97 Å². The zero-order chi connectivity index (χ0) is 14.5. The van der Waals surface area contributed by atoms with Gasteiger partial charge < -0.3 is 4.74 Å². The molecule has 0 aliphatic carbocycles. The number of esters is 1.